The number of carboxylic acid groups (broad SMARTS) is 1. The van der Waals surface area contributed by atoms with Gasteiger partial charge >= 0.3 is 5.97 Å². The Bertz CT molecular complexity index is 955. The van der Waals surface area contributed by atoms with Gasteiger partial charge in [-0.3, -0.25) is 9.59 Å². The maximum atomic E-state index is 12.9. The summed E-state index contributed by atoms with van der Waals surface area (Å²) in [6.07, 6.45) is 3.37. The molecule has 3 rings (SSSR count). The summed E-state index contributed by atoms with van der Waals surface area (Å²) in [7, 11) is 0. The molecule has 7 heteroatoms. The number of anilines is 1. The predicted molar refractivity (Wildman–Crippen MR) is 108 cm³/mol. The van der Waals surface area contributed by atoms with Crippen LogP contribution in [-0.2, 0) is 16.0 Å². The first kappa shape index (κ1) is 19.6. The molecule has 1 unspecified atom stereocenters. The molecule has 28 heavy (non-hydrogen) atoms. The van der Waals surface area contributed by atoms with E-state index in [1.807, 2.05) is 37.3 Å². The van der Waals surface area contributed by atoms with E-state index in [9.17, 15) is 14.7 Å². The third kappa shape index (κ3) is 4.40. The molecule has 2 aromatic carbocycles. The van der Waals surface area contributed by atoms with E-state index >= 15 is 0 Å². The zero-order valence-electron chi connectivity index (χ0n) is 15.3. The van der Waals surface area contributed by atoms with Crippen LogP contribution in [0.15, 0.2) is 67.0 Å². The van der Waals surface area contributed by atoms with Crippen LogP contribution in [0.5, 0.6) is 0 Å². The van der Waals surface area contributed by atoms with Gasteiger partial charge in [0.1, 0.15) is 5.92 Å². The maximum Gasteiger partial charge on any atom is 0.316 e. The van der Waals surface area contributed by atoms with Gasteiger partial charge in [-0.05, 0) is 55.3 Å². The van der Waals surface area contributed by atoms with Crippen LogP contribution < -0.4 is 4.90 Å². The lowest BCUT2D eigenvalue weighted by atomic mass is 9.99. The molecule has 0 radical (unpaired) electrons. The zero-order valence-corrected chi connectivity index (χ0v) is 16.1. The molecule has 144 valence electrons. The Hall–Kier alpha value is -3.12. The molecule has 6 nitrogen and oxygen atoms in total. The second-order valence-electron chi connectivity index (χ2n) is 6.28. The standard InChI is InChI=1S/C21H20ClN3O3/c1-2-24(17-6-4-3-5-7-17)20(26)19(21(27)28)12-15-13-23-25(14-15)18-10-8-16(22)9-11-18/h3-11,13-14,19H,2,12H2,1H3,(H,27,28). The molecule has 0 aliphatic heterocycles. The fourth-order valence-corrected chi connectivity index (χ4v) is 3.10. The number of hydrogen-bond acceptors (Lipinski definition) is 3. The van der Waals surface area contributed by atoms with E-state index in [1.165, 1.54) is 4.90 Å². The number of carbonyl (C=O) groups excluding carboxylic acids is 1. The molecule has 0 aliphatic carbocycles. The van der Waals surface area contributed by atoms with Crippen molar-refractivity contribution in [1.82, 2.24) is 9.78 Å². The quantitative estimate of drug-likeness (QED) is 0.615. The molecule has 3 aromatic rings. The molecular formula is C21H20ClN3O3. The van der Waals surface area contributed by atoms with Gasteiger partial charge in [-0.25, -0.2) is 4.68 Å². The van der Waals surface area contributed by atoms with Crippen molar-refractivity contribution < 1.29 is 14.7 Å². The highest BCUT2D eigenvalue weighted by Gasteiger charge is 2.31. The Morgan fingerprint density at radius 2 is 1.82 bits per heavy atom. The van der Waals surface area contributed by atoms with Gasteiger partial charge in [0.15, 0.2) is 0 Å². The van der Waals surface area contributed by atoms with Gasteiger partial charge in [0.05, 0.1) is 11.9 Å². The summed E-state index contributed by atoms with van der Waals surface area (Å²) in [4.78, 5) is 26.2. The van der Waals surface area contributed by atoms with Crippen LogP contribution in [0, 0.1) is 5.92 Å². The van der Waals surface area contributed by atoms with Crippen molar-refractivity contribution in [2.24, 2.45) is 5.92 Å². The minimum absolute atomic E-state index is 0.0606. The third-order valence-corrected chi connectivity index (χ3v) is 4.67. The first-order valence-corrected chi connectivity index (χ1v) is 9.26. The monoisotopic (exact) mass is 397 g/mol. The summed E-state index contributed by atoms with van der Waals surface area (Å²) in [5, 5.41) is 14.5. The smallest absolute Gasteiger partial charge is 0.316 e. The van der Waals surface area contributed by atoms with Crippen LogP contribution in [0.1, 0.15) is 12.5 Å². The van der Waals surface area contributed by atoms with E-state index in [0.29, 0.717) is 22.8 Å². The highest BCUT2D eigenvalue weighted by Crippen LogP contribution is 2.20. The number of aliphatic carboxylic acids is 1. The Morgan fingerprint density at radius 3 is 2.43 bits per heavy atom. The molecular weight excluding hydrogens is 378 g/mol. The third-order valence-electron chi connectivity index (χ3n) is 4.41. The van der Waals surface area contributed by atoms with Gasteiger partial charge in [-0.1, -0.05) is 29.8 Å². The van der Waals surface area contributed by atoms with Crippen LogP contribution >= 0.6 is 11.6 Å². The molecule has 1 heterocycles. The molecule has 1 aromatic heterocycles. The van der Waals surface area contributed by atoms with Gasteiger partial charge in [0.2, 0.25) is 5.91 Å². The number of halogens is 1. The summed E-state index contributed by atoms with van der Waals surface area (Å²) < 4.78 is 1.63. The van der Waals surface area contributed by atoms with Crippen molar-refractivity contribution in [2.45, 2.75) is 13.3 Å². The topological polar surface area (TPSA) is 75.4 Å². The molecule has 0 saturated carbocycles. The van der Waals surface area contributed by atoms with Crippen molar-refractivity contribution in [3.8, 4) is 5.69 Å². The Morgan fingerprint density at radius 1 is 1.14 bits per heavy atom. The summed E-state index contributed by atoms with van der Waals surface area (Å²) in [5.74, 6) is -2.79. The lowest BCUT2D eigenvalue weighted by molar-refractivity contribution is -0.146. The molecule has 1 N–H and O–H groups in total. The van der Waals surface area contributed by atoms with Crippen LogP contribution in [0.25, 0.3) is 5.69 Å². The number of carbonyl (C=O) groups is 2. The van der Waals surface area contributed by atoms with Gasteiger partial charge in [0, 0.05) is 23.5 Å². The average molecular weight is 398 g/mol. The minimum atomic E-state index is -1.19. The number of nitrogens with zero attached hydrogens (tertiary/aromatic N) is 3. The summed E-state index contributed by atoms with van der Waals surface area (Å²) >= 11 is 5.90. The van der Waals surface area contributed by atoms with Crippen molar-refractivity contribution in [2.75, 3.05) is 11.4 Å². The fourth-order valence-electron chi connectivity index (χ4n) is 2.98. The Balaban J connectivity index is 1.80. The molecule has 0 spiro atoms. The zero-order chi connectivity index (χ0) is 20.1. The summed E-state index contributed by atoms with van der Waals surface area (Å²) in [6.45, 7) is 2.21. The number of hydrogen-bond donors (Lipinski definition) is 1. The second kappa shape index (κ2) is 8.71. The number of benzene rings is 2. The van der Waals surface area contributed by atoms with Gasteiger partial charge < -0.3 is 10.0 Å². The maximum absolute atomic E-state index is 12.9. The van der Waals surface area contributed by atoms with Gasteiger partial charge in [-0.15, -0.1) is 0 Å². The Labute approximate surface area is 168 Å². The molecule has 0 saturated heterocycles. The largest absolute Gasteiger partial charge is 0.481 e. The number of aromatic nitrogens is 2. The highest BCUT2D eigenvalue weighted by atomic mass is 35.5. The van der Waals surface area contributed by atoms with Gasteiger partial charge in [-0.2, -0.15) is 5.10 Å². The van der Waals surface area contributed by atoms with E-state index in [2.05, 4.69) is 5.10 Å². The summed E-state index contributed by atoms with van der Waals surface area (Å²) in [5.41, 5.74) is 2.14. The average Bonchev–Trinajstić information content (AvgIpc) is 3.16. The normalized spacial score (nSPS) is 11.8. The fraction of sp³-hybridized carbons (Fsp3) is 0.190. The van der Waals surface area contributed by atoms with Gasteiger partial charge in [0.25, 0.3) is 0 Å². The lowest BCUT2D eigenvalue weighted by Gasteiger charge is -2.24. The van der Waals surface area contributed by atoms with Crippen molar-refractivity contribution in [1.29, 1.82) is 0 Å². The second-order valence-corrected chi connectivity index (χ2v) is 6.72. The molecule has 0 fully saturated rings. The van der Waals surface area contributed by atoms with Crippen molar-refractivity contribution in [3.63, 3.8) is 0 Å². The number of rotatable bonds is 7. The molecule has 0 aliphatic rings. The van der Waals surface area contributed by atoms with Crippen LogP contribution in [-0.4, -0.2) is 33.3 Å². The predicted octanol–water partition coefficient (Wildman–Crippen LogP) is 3.82. The first-order chi connectivity index (χ1) is 13.5. The van der Waals surface area contributed by atoms with Crippen LogP contribution in [0.4, 0.5) is 5.69 Å². The SMILES string of the molecule is CCN(C(=O)C(Cc1cnn(-c2ccc(Cl)cc2)c1)C(=O)O)c1ccccc1. The molecule has 0 bridgehead atoms. The molecule has 1 atom stereocenters. The highest BCUT2D eigenvalue weighted by molar-refractivity contribution is 6.30. The van der Waals surface area contributed by atoms with E-state index in [-0.39, 0.29) is 6.42 Å². The first-order valence-electron chi connectivity index (χ1n) is 8.88. The minimum Gasteiger partial charge on any atom is -0.481 e. The van der Waals surface area contributed by atoms with Crippen molar-refractivity contribution >= 4 is 29.2 Å². The van der Waals surface area contributed by atoms with E-state index in [0.717, 1.165) is 5.69 Å². The summed E-state index contributed by atoms with van der Waals surface area (Å²) in [6, 6.07) is 16.2. The lowest BCUT2D eigenvalue weighted by Crippen LogP contribution is -2.40. The molecule has 1 amide bonds. The number of amides is 1. The van der Waals surface area contributed by atoms with E-state index in [4.69, 9.17) is 11.6 Å². The number of carboxylic acids is 1. The van der Waals surface area contributed by atoms with Crippen molar-refractivity contribution in [3.05, 3.63) is 77.6 Å². The van der Waals surface area contributed by atoms with Crippen LogP contribution in [0.2, 0.25) is 5.02 Å². The van der Waals surface area contributed by atoms with Crippen LogP contribution in [0.3, 0.4) is 0 Å². The number of para-hydroxylation sites is 1. The Kier molecular flexibility index (Phi) is 6.11. The van der Waals surface area contributed by atoms with E-state index < -0.39 is 17.8 Å². The van der Waals surface area contributed by atoms with E-state index in [1.54, 1.807) is 41.3 Å².